The number of ether oxygens (including phenoxy) is 2. The number of hydrogen-bond donors (Lipinski definition) is 2. The molecule has 3 N–H and O–H groups in total. The number of methoxy groups -OCH3 is 1. The Morgan fingerprint density at radius 3 is 3.19 bits per heavy atom. The monoisotopic (exact) mass is 228 g/mol. The number of morpholine rings is 1. The maximum atomic E-state index is 11.5. The molecule has 1 heterocycles. The maximum Gasteiger partial charge on any atom is 0.253 e. The molecule has 1 aliphatic heterocycles. The van der Waals surface area contributed by atoms with Crippen molar-refractivity contribution in [3.05, 3.63) is 0 Å². The molecule has 0 radical (unpaired) electrons. The van der Waals surface area contributed by atoms with Crippen molar-refractivity contribution in [2.75, 3.05) is 33.4 Å². The van der Waals surface area contributed by atoms with Gasteiger partial charge in [-0.25, -0.2) is 5.84 Å². The zero-order chi connectivity index (χ0) is 12.0. The van der Waals surface area contributed by atoms with Crippen LogP contribution in [0.25, 0.3) is 0 Å². The molecule has 0 aromatic heterocycles. The second-order valence-electron chi connectivity index (χ2n) is 3.46. The number of nitriles is 1. The molecule has 2 atom stereocenters. The summed E-state index contributed by atoms with van der Waals surface area (Å²) in [6.07, 6.45) is -0.501. The fraction of sp³-hybridized carbons (Fsp3) is 0.778. The van der Waals surface area contributed by atoms with E-state index in [0.29, 0.717) is 19.7 Å². The van der Waals surface area contributed by atoms with Gasteiger partial charge in [0.1, 0.15) is 6.04 Å². The summed E-state index contributed by atoms with van der Waals surface area (Å²) in [4.78, 5) is 13.4. The Labute approximate surface area is 94.1 Å². The predicted octanol–water partition coefficient (Wildman–Crippen LogP) is -1.78. The van der Waals surface area contributed by atoms with Crippen LogP contribution in [0.5, 0.6) is 0 Å². The van der Waals surface area contributed by atoms with E-state index in [1.165, 1.54) is 7.11 Å². The molecule has 90 valence electrons. The second-order valence-corrected chi connectivity index (χ2v) is 3.46. The lowest BCUT2D eigenvalue weighted by Crippen LogP contribution is -2.56. The van der Waals surface area contributed by atoms with Gasteiger partial charge in [0.15, 0.2) is 6.10 Å². The molecule has 0 spiro atoms. The van der Waals surface area contributed by atoms with Crippen molar-refractivity contribution in [1.82, 2.24) is 10.3 Å². The van der Waals surface area contributed by atoms with Crippen molar-refractivity contribution in [3.8, 4) is 6.07 Å². The number of carbonyl (C=O) groups excluding carboxylic acids is 1. The number of hydrazine groups is 1. The molecule has 1 aliphatic rings. The third-order valence-electron chi connectivity index (χ3n) is 2.45. The number of nitrogens with one attached hydrogen (secondary N) is 1. The highest BCUT2D eigenvalue weighted by Gasteiger charge is 2.30. The lowest BCUT2D eigenvalue weighted by atomic mass is 10.2. The van der Waals surface area contributed by atoms with E-state index in [-0.39, 0.29) is 12.5 Å². The molecule has 1 rings (SSSR count). The van der Waals surface area contributed by atoms with Gasteiger partial charge >= 0.3 is 0 Å². The maximum absolute atomic E-state index is 11.5. The van der Waals surface area contributed by atoms with Crippen molar-refractivity contribution in [3.63, 3.8) is 0 Å². The SMILES string of the molecule is COCC(C(=O)NN)N1CCOC(C#N)C1. The lowest BCUT2D eigenvalue weighted by Gasteiger charge is -2.34. The van der Waals surface area contributed by atoms with Crippen LogP contribution in [0.15, 0.2) is 0 Å². The summed E-state index contributed by atoms with van der Waals surface area (Å²) >= 11 is 0. The topological polar surface area (TPSA) is 101 Å². The van der Waals surface area contributed by atoms with Crippen LogP contribution >= 0.6 is 0 Å². The minimum Gasteiger partial charge on any atom is -0.383 e. The van der Waals surface area contributed by atoms with E-state index in [2.05, 4.69) is 5.43 Å². The van der Waals surface area contributed by atoms with Crippen LogP contribution in [0.2, 0.25) is 0 Å². The number of nitrogens with two attached hydrogens (primary N) is 1. The average Bonchev–Trinajstić information content (AvgIpc) is 2.35. The minimum absolute atomic E-state index is 0.237. The third-order valence-corrected chi connectivity index (χ3v) is 2.45. The number of nitrogens with zero attached hydrogens (tertiary/aromatic N) is 2. The largest absolute Gasteiger partial charge is 0.383 e. The summed E-state index contributed by atoms with van der Waals surface area (Å²) in [7, 11) is 1.51. The molecule has 1 saturated heterocycles. The highest BCUT2D eigenvalue weighted by atomic mass is 16.5. The first-order valence-corrected chi connectivity index (χ1v) is 4.97. The zero-order valence-corrected chi connectivity index (χ0v) is 9.18. The predicted molar refractivity (Wildman–Crippen MR) is 54.9 cm³/mol. The first kappa shape index (κ1) is 12.9. The quantitative estimate of drug-likeness (QED) is 0.335. The Morgan fingerprint density at radius 1 is 1.88 bits per heavy atom. The minimum atomic E-state index is -0.501. The van der Waals surface area contributed by atoms with Crippen LogP contribution in [0, 0.1) is 11.3 Å². The summed E-state index contributed by atoms with van der Waals surface area (Å²) in [5.74, 6) is 4.78. The number of hydrogen-bond acceptors (Lipinski definition) is 6. The molecule has 1 fully saturated rings. The summed E-state index contributed by atoms with van der Waals surface area (Å²) in [5.41, 5.74) is 2.10. The Balaban J connectivity index is 2.63. The first-order chi connectivity index (χ1) is 7.72. The van der Waals surface area contributed by atoms with E-state index in [9.17, 15) is 4.79 Å². The summed E-state index contributed by atoms with van der Waals surface area (Å²) in [6.45, 7) is 1.63. The van der Waals surface area contributed by atoms with Gasteiger partial charge in [0.25, 0.3) is 5.91 Å². The van der Waals surface area contributed by atoms with Gasteiger partial charge in [0.05, 0.1) is 19.3 Å². The molecule has 0 aromatic rings. The van der Waals surface area contributed by atoms with E-state index in [0.717, 1.165) is 0 Å². The average molecular weight is 228 g/mol. The fourth-order valence-corrected chi connectivity index (χ4v) is 1.63. The highest BCUT2D eigenvalue weighted by molar-refractivity contribution is 5.81. The first-order valence-electron chi connectivity index (χ1n) is 4.97. The van der Waals surface area contributed by atoms with Crippen molar-refractivity contribution in [1.29, 1.82) is 5.26 Å². The zero-order valence-electron chi connectivity index (χ0n) is 9.18. The molecule has 0 saturated carbocycles. The smallest absolute Gasteiger partial charge is 0.253 e. The molecule has 0 aromatic carbocycles. The van der Waals surface area contributed by atoms with Gasteiger partial charge in [-0.1, -0.05) is 0 Å². The van der Waals surface area contributed by atoms with Gasteiger partial charge in [-0.05, 0) is 0 Å². The third kappa shape index (κ3) is 3.15. The molecular weight excluding hydrogens is 212 g/mol. The van der Waals surface area contributed by atoms with Crippen molar-refractivity contribution in [2.45, 2.75) is 12.1 Å². The van der Waals surface area contributed by atoms with Gasteiger partial charge < -0.3 is 9.47 Å². The summed E-state index contributed by atoms with van der Waals surface area (Å²) < 4.78 is 10.2. The second kappa shape index (κ2) is 6.40. The normalized spacial score (nSPS) is 23.4. The van der Waals surface area contributed by atoms with Gasteiger partial charge in [-0.15, -0.1) is 0 Å². The fourth-order valence-electron chi connectivity index (χ4n) is 1.63. The van der Waals surface area contributed by atoms with Gasteiger partial charge in [0, 0.05) is 20.2 Å². The molecule has 1 amide bonds. The van der Waals surface area contributed by atoms with Crippen LogP contribution in [0.4, 0.5) is 0 Å². The van der Waals surface area contributed by atoms with Crippen LogP contribution < -0.4 is 11.3 Å². The lowest BCUT2D eigenvalue weighted by molar-refractivity contribution is -0.131. The van der Waals surface area contributed by atoms with E-state index in [1.807, 2.05) is 11.0 Å². The Morgan fingerprint density at radius 2 is 2.62 bits per heavy atom. The van der Waals surface area contributed by atoms with Gasteiger partial charge in [-0.2, -0.15) is 5.26 Å². The van der Waals surface area contributed by atoms with Crippen LogP contribution in [0.3, 0.4) is 0 Å². The number of amides is 1. The number of carbonyl (C=O) groups is 1. The molecule has 16 heavy (non-hydrogen) atoms. The molecule has 2 unspecified atom stereocenters. The van der Waals surface area contributed by atoms with Gasteiger partial charge in [0.2, 0.25) is 0 Å². The van der Waals surface area contributed by atoms with Gasteiger partial charge in [-0.3, -0.25) is 15.1 Å². The van der Waals surface area contributed by atoms with E-state index in [4.69, 9.17) is 20.6 Å². The Bertz CT molecular complexity index is 278. The molecule has 0 aliphatic carbocycles. The van der Waals surface area contributed by atoms with Crippen LogP contribution in [-0.2, 0) is 14.3 Å². The van der Waals surface area contributed by atoms with Crippen molar-refractivity contribution < 1.29 is 14.3 Å². The van der Waals surface area contributed by atoms with E-state index < -0.39 is 12.1 Å². The van der Waals surface area contributed by atoms with Crippen LogP contribution in [0.1, 0.15) is 0 Å². The molecular formula is C9H16N4O3. The number of rotatable bonds is 4. The Kier molecular flexibility index (Phi) is 5.14. The summed E-state index contributed by atoms with van der Waals surface area (Å²) in [6, 6.07) is 1.54. The highest BCUT2D eigenvalue weighted by Crippen LogP contribution is 2.09. The molecule has 7 heteroatoms. The van der Waals surface area contributed by atoms with Crippen molar-refractivity contribution in [2.24, 2.45) is 5.84 Å². The Hall–Kier alpha value is -1.20. The molecule has 7 nitrogen and oxygen atoms in total. The van der Waals surface area contributed by atoms with Crippen molar-refractivity contribution >= 4 is 5.91 Å². The standard InChI is InChI=1S/C9H16N4O3/c1-15-6-8(9(14)12-11)13-2-3-16-7(4-10)5-13/h7-8H,2-3,5-6,11H2,1H3,(H,12,14). The molecule has 0 bridgehead atoms. The van der Waals surface area contributed by atoms with E-state index in [1.54, 1.807) is 0 Å². The van der Waals surface area contributed by atoms with Crippen LogP contribution in [-0.4, -0.2) is 56.4 Å². The van der Waals surface area contributed by atoms with E-state index >= 15 is 0 Å². The summed E-state index contributed by atoms with van der Waals surface area (Å²) in [5, 5.41) is 8.76.